The number of pyridine rings is 1. The van der Waals surface area contributed by atoms with Crippen LogP contribution in [0.15, 0.2) is 50.8 Å². The first-order valence-electron chi connectivity index (χ1n) is 8.41. The molecule has 6 nitrogen and oxygen atoms in total. The van der Waals surface area contributed by atoms with E-state index in [0.717, 1.165) is 49.9 Å². The zero-order chi connectivity index (χ0) is 17.2. The highest BCUT2D eigenvalue weighted by Crippen LogP contribution is 2.01. The van der Waals surface area contributed by atoms with Crippen molar-refractivity contribution in [2.75, 3.05) is 13.1 Å². The fourth-order valence-corrected chi connectivity index (χ4v) is 2.41. The Hall–Kier alpha value is -1.77. The number of rotatable bonds is 8. The van der Waals surface area contributed by atoms with Gasteiger partial charge < -0.3 is 19.6 Å². The van der Waals surface area contributed by atoms with Crippen LogP contribution in [0.1, 0.15) is 31.2 Å². The van der Waals surface area contributed by atoms with Crippen LogP contribution < -0.4 is 16.2 Å². The second-order valence-electron chi connectivity index (χ2n) is 5.57. The van der Waals surface area contributed by atoms with Crippen molar-refractivity contribution in [3.8, 4) is 0 Å². The first-order chi connectivity index (χ1) is 11.7. The molecule has 0 fully saturated rings. The fraction of sp³-hybridized carbons (Fsp3) is 0.444. The minimum Gasteiger partial charge on any atom is -0.467 e. The SMILES string of the molecule is CCNC(=NCc1ccco1)NCCCCn1c(C)cccc1=O.I. The van der Waals surface area contributed by atoms with Crippen molar-refractivity contribution < 1.29 is 4.42 Å². The highest BCUT2D eigenvalue weighted by molar-refractivity contribution is 14.0. The van der Waals surface area contributed by atoms with E-state index >= 15 is 0 Å². The molecule has 0 amide bonds. The molecule has 0 unspecified atom stereocenters. The van der Waals surface area contributed by atoms with E-state index in [9.17, 15) is 4.79 Å². The van der Waals surface area contributed by atoms with E-state index in [-0.39, 0.29) is 29.5 Å². The highest BCUT2D eigenvalue weighted by Gasteiger charge is 2.01. The lowest BCUT2D eigenvalue weighted by molar-refractivity contribution is 0.511. The third-order valence-electron chi connectivity index (χ3n) is 3.69. The Labute approximate surface area is 165 Å². The number of aryl methyl sites for hydroxylation is 1. The molecule has 0 saturated heterocycles. The minimum atomic E-state index is 0. The van der Waals surface area contributed by atoms with Crippen LogP contribution in [0, 0.1) is 6.92 Å². The smallest absolute Gasteiger partial charge is 0.250 e. The normalized spacial score (nSPS) is 11.0. The van der Waals surface area contributed by atoms with E-state index in [1.165, 1.54) is 0 Å². The molecule has 0 atom stereocenters. The van der Waals surface area contributed by atoms with Crippen molar-refractivity contribution in [3.63, 3.8) is 0 Å². The number of hydrogen-bond donors (Lipinski definition) is 2. The van der Waals surface area contributed by atoms with Gasteiger partial charge in [-0.25, -0.2) is 4.99 Å². The maximum Gasteiger partial charge on any atom is 0.250 e. The van der Waals surface area contributed by atoms with Crippen LogP contribution in [0.5, 0.6) is 0 Å². The zero-order valence-corrected chi connectivity index (χ0v) is 17.2. The highest BCUT2D eigenvalue weighted by atomic mass is 127. The molecule has 2 aromatic heterocycles. The maximum absolute atomic E-state index is 11.8. The Morgan fingerprint density at radius 3 is 2.72 bits per heavy atom. The second kappa shape index (κ2) is 11.7. The number of hydrogen-bond acceptors (Lipinski definition) is 3. The predicted molar refractivity (Wildman–Crippen MR) is 112 cm³/mol. The Bertz CT molecular complexity index is 695. The topological polar surface area (TPSA) is 71.6 Å². The van der Waals surface area contributed by atoms with Crippen molar-refractivity contribution >= 4 is 29.9 Å². The minimum absolute atomic E-state index is 0. The van der Waals surface area contributed by atoms with Gasteiger partial charge in [0.15, 0.2) is 5.96 Å². The first kappa shape index (κ1) is 21.3. The lowest BCUT2D eigenvalue weighted by Gasteiger charge is -2.12. The molecule has 25 heavy (non-hydrogen) atoms. The molecular weight excluding hydrogens is 431 g/mol. The molecule has 2 aromatic rings. The van der Waals surface area contributed by atoms with Crippen LogP contribution >= 0.6 is 24.0 Å². The van der Waals surface area contributed by atoms with Gasteiger partial charge in [-0.3, -0.25) is 4.79 Å². The summed E-state index contributed by atoms with van der Waals surface area (Å²) in [5, 5.41) is 6.52. The molecule has 0 saturated carbocycles. The number of aromatic nitrogens is 1. The van der Waals surface area contributed by atoms with Crippen LogP contribution in [0.25, 0.3) is 0 Å². The number of nitrogens with one attached hydrogen (secondary N) is 2. The number of furan rings is 1. The number of guanidine groups is 1. The summed E-state index contributed by atoms with van der Waals surface area (Å²) in [6.07, 6.45) is 3.56. The van der Waals surface area contributed by atoms with Crippen molar-refractivity contribution in [2.45, 2.75) is 39.8 Å². The molecule has 0 aliphatic heterocycles. The summed E-state index contributed by atoms with van der Waals surface area (Å²) in [4.78, 5) is 16.3. The second-order valence-corrected chi connectivity index (χ2v) is 5.57. The third kappa shape index (κ3) is 7.33. The standard InChI is InChI=1S/C18H26N4O2.HI/c1-3-19-18(21-14-16-9-7-13-24-16)20-11-4-5-12-22-15(2)8-6-10-17(22)23;/h6-10,13H,3-5,11-12,14H2,1-2H3,(H2,19,20,21);1H. The zero-order valence-electron chi connectivity index (χ0n) is 14.8. The van der Waals surface area contributed by atoms with E-state index in [1.807, 2.05) is 36.6 Å². The van der Waals surface area contributed by atoms with Crippen LogP contribution in [-0.4, -0.2) is 23.6 Å². The molecule has 2 rings (SSSR count). The summed E-state index contributed by atoms with van der Waals surface area (Å²) in [6.45, 7) is 6.88. The molecule has 2 heterocycles. The Morgan fingerprint density at radius 2 is 2.04 bits per heavy atom. The van der Waals surface area contributed by atoms with Gasteiger partial charge in [-0.2, -0.15) is 0 Å². The molecule has 0 aliphatic carbocycles. The van der Waals surface area contributed by atoms with E-state index < -0.39 is 0 Å². The van der Waals surface area contributed by atoms with Gasteiger partial charge >= 0.3 is 0 Å². The van der Waals surface area contributed by atoms with Gasteiger partial charge in [-0.15, -0.1) is 24.0 Å². The van der Waals surface area contributed by atoms with Crippen molar-refractivity contribution in [3.05, 3.63) is 58.4 Å². The lowest BCUT2D eigenvalue weighted by atomic mass is 10.3. The van der Waals surface area contributed by atoms with Crippen molar-refractivity contribution in [1.82, 2.24) is 15.2 Å². The van der Waals surface area contributed by atoms with Gasteiger partial charge in [0, 0.05) is 31.4 Å². The van der Waals surface area contributed by atoms with Crippen LogP contribution in [-0.2, 0) is 13.1 Å². The number of nitrogens with zero attached hydrogens (tertiary/aromatic N) is 2. The van der Waals surface area contributed by atoms with Crippen LogP contribution in [0.2, 0.25) is 0 Å². The summed E-state index contributed by atoms with van der Waals surface area (Å²) in [7, 11) is 0. The Morgan fingerprint density at radius 1 is 1.20 bits per heavy atom. The maximum atomic E-state index is 11.8. The van der Waals surface area contributed by atoms with Gasteiger partial charge in [0.05, 0.1) is 6.26 Å². The van der Waals surface area contributed by atoms with Crippen LogP contribution in [0.3, 0.4) is 0 Å². The Kier molecular flexibility index (Phi) is 9.98. The molecular formula is C18H27IN4O2. The summed E-state index contributed by atoms with van der Waals surface area (Å²) in [5.41, 5.74) is 1.07. The summed E-state index contributed by atoms with van der Waals surface area (Å²) < 4.78 is 7.10. The quantitative estimate of drug-likeness (QED) is 0.276. The summed E-state index contributed by atoms with van der Waals surface area (Å²) in [5.74, 6) is 1.62. The lowest BCUT2D eigenvalue weighted by Crippen LogP contribution is -2.37. The molecule has 0 spiro atoms. The van der Waals surface area contributed by atoms with Gasteiger partial charge in [0.2, 0.25) is 0 Å². The van der Waals surface area contributed by atoms with Gasteiger partial charge in [-0.1, -0.05) is 6.07 Å². The van der Waals surface area contributed by atoms with Gasteiger partial charge in [0.1, 0.15) is 12.3 Å². The molecule has 0 radical (unpaired) electrons. The van der Waals surface area contributed by atoms with E-state index in [4.69, 9.17) is 4.42 Å². The van der Waals surface area contributed by atoms with E-state index in [2.05, 4.69) is 15.6 Å². The number of halogens is 1. The summed E-state index contributed by atoms with van der Waals surface area (Å²) >= 11 is 0. The van der Waals surface area contributed by atoms with Gasteiger partial charge in [0.25, 0.3) is 5.56 Å². The predicted octanol–water partition coefficient (Wildman–Crippen LogP) is 2.90. The third-order valence-corrected chi connectivity index (χ3v) is 3.69. The monoisotopic (exact) mass is 458 g/mol. The number of unbranched alkanes of at least 4 members (excludes halogenated alkanes) is 1. The molecule has 2 N–H and O–H groups in total. The first-order valence-corrected chi connectivity index (χ1v) is 8.41. The van der Waals surface area contributed by atoms with Crippen molar-refractivity contribution in [1.29, 1.82) is 0 Å². The largest absolute Gasteiger partial charge is 0.467 e. The van der Waals surface area contributed by atoms with Gasteiger partial charge in [-0.05, 0) is 44.9 Å². The summed E-state index contributed by atoms with van der Waals surface area (Å²) in [6, 6.07) is 9.14. The molecule has 0 aliphatic rings. The van der Waals surface area contributed by atoms with Crippen LogP contribution in [0.4, 0.5) is 0 Å². The van der Waals surface area contributed by atoms with Crippen molar-refractivity contribution in [2.24, 2.45) is 4.99 Å². The average molecular weight is 458 g/mol. The fourth-order valence-electron chi connectivity index (χ4n) is 2.41. The molecule has 138 valence electrons. The molecule has 0 bridgehead atoms. The molecule has 0 aromatic carbocycles. The Balaban J connectivity index is 0.00000312. The van der Waals surface area contributed by atoms with E-state index in [0.29, 0.717) is 6.54 Å². The average Bonchev–Trinajstić information content (AvgIpc) is 3.08. The number of aliphatic imine (C=N–C) groups is 1. The molecule has 7 heteroatoms. The van der Waals surface area contributed by atoms with E-state index in [1.54, 1.807) is 18.4 Å².